The van der Waals surface area contributed by atoms with E-state index in [0.717, 1.165) is 0 Å². The molecule has 0 aliphatic rings. The van der Waals surface area contributed by atoms with Crippen molar-refractivity contribution in [1.82, 2.24) is 5.01 Å². The average molecular weight is 123 g/mol. The van der Waals surface area contributed by atoms with Crippen molar-refractivity contribution in [1.29, 1.82) is 5.26 Å². The molecule has 0 fully saturated rings. The van der Waals surface area contributed by atoms with Gasteiger partial charge < -0.3 is 0 Å². The first-order valence-electron chi connectivity index (χ1n) is 2.58. The van der Waals surface area contributed by atoms with Gasteiger partial charge in [-0.25, -0.2) is 0 Å². The first-order chi connectivity index (χ1) is 4.35. The van der Waals surface area contributed by atoms with Gasteiger partial charge in [-0.2, -0.15) is 10.4 Å². The van der Waals surface area contributed by atoms with E-state index < -0.39 is 0 Å². The molecule has 3 heteroatoms. The number of hydrogen-bond acceptors (Lipinski definition) is 3. The molecule has 0 heterocycles. The van der Waals surface area contributed by atoms with Crippen LogP contribution in [0.1, 0.15) is 6.92 Å². The highest BCUT2D eigenvalue weighted by Gasteiger charge is 1.87. The third-order valence-corrected chi connectivity index (χ3v) is 0.736. The molecule has 0 aromatic heterocycles. The lowest BCUT2D eigenvalue weighted by Crippen LogP contribution is -2.08. The maximum Gasteiger partial charge on any atom is 0.128 e. The Morgan fingerprint density at radius 3 is 2.89 bits per heavy atom. The van der Waals surface area contributed by atoms with Gasteiger partial charge in [-0.3, -0.25) is 5.01 Å². The van der Waals surface area contributed by atoms with Crippen molar-refractivity contribution >= 4 is 6.72 Å². The Hall–Kier alpha value is -1.30. The van der Waals surface area contributed by atoms with Crippen LogP contribution in [-0.2, 0) is 0 Å². The van der Waals surface area contributed by atoms with E-state index in [-0.39, 0.29) is 6.54 Å². The number of nitriles is 1. The number of hydrazone groups is 1. The van der Waals surface area contributed by atoms with Crippen LogP contribution >= 0.6 is 0 Å². The van der Waals surface area contributed by atoms with Gasteiger partial charge in [0.05, 0.1) is 6.07 Å². The van der Waals surface area contributed by atoms with E-state index in [1.165, 1.54) is 5.01 Å². The van der Waals surface area contributed by atoms with Crippen molar-refractivity contribution in [2.45, 2.75) is 6.92 Å². The molecule has 0 saturated carbocycles. The van der Waals surface area contributed by atoms with E-state index >= 15 is 0 Å². The molecule has 0 rings (SSSR count). The van der Waals surface area contributed by atoms with E-state index in [1.54, 1.807) is 12.3 Å². The monoisotopic (exact) mass is 123 g/mol. The Balaban J connectivity index is 3.71. The van der Waals surface area contributed by atoms with Crippen molar-refractivity contribution in [3.8, 4) is 6.07 Å². The van der Waals surface area contributed by atoms with Gasteiger partial charge in [-0.1, -0.05) is 6.08 Å². The Labute approximate surface area is 54.9 Å². The molecule has 0 radical (unpaired) electrons. The second-order valence-corrected chi connectivity index (χ2v) is 1.38. The number of allylic oxidation sites excluding steroid dienone is 1. The second kappa shape index (κ2) is 4.85. The van der Waals surface area contributed by atoms with Crippen LogP contribution in [0.3, 0.4) is 0 Å². The molecular weight excluding hydrogens is 114 g/mol. The molecule has 48 valence electrons. The third kappa shape index (κ3) is 3.30. The Kier molecular flexibility index (Phi) is 4.15. The molecule has 3 nitrogen and oxygen atoms in total. The molecule has 9 heavy (non-hydrogen) atoms. The van der Waals surface area contributed by atoms with Crippen LogP contribution in [0.2, 0.25) is 0 Å². The Bertz CT molecular complexity index is 143. The van der Waals surface area contributed by atoms with E-state index in [4.69, 9.17) is 5.26 Å². The van der Waals surface area contributed by atoms with Gasteiger partial charge in [0, 0.05) is 12.9 Å². The third-order valence-electron chi connectivity index (χ3n) is 0.736. The van der Waals surface area contributed by atoms with Crippen molar-refractivity contribution < 1.29 is 0 Å². The molecule has 0 spiro atoms. The van der Waals surface area contributed by atoms with Gasteiger partial charge in [0.15, 0.2) is 0 Å². The van der Waals surface area contributed by atoms with Gasteiger partial charge in [0.2, 0.25) is 0 Å². The van der Waals surface area contributed by atoms with Crippen molar-refractivity contribution in [2.24, 2.45) is 5.10 Å². The summed E-state index contributed by atoms with van der Waals surface area (Å²) in [5.74, 6) is 0. The first kappa shape index (κ1) is 7.70. The van der Waals surface area contributed by atoms with E-state index in [0.29, 0.717) is 0 Å². The van der Waals surface area contributed by atoms with Crippen molar-refractivity contribution in [3.63, 3.8) is 0 Å². The number of nitrogens with zero attached hydrogens (tertiary/aromatic N) is 3. The summed E-state index contributed by atoms with van der Waals surface area (Å²) in [6.07, 6.45) is 3.49. The SMILES string of the molecule is C=NN(/C=C\C)CC#N. The smallest absolute Gasteiger partial charge is 0.128 e. The number of rotatable bonds is 3. The topological polar surface area (TPSA) is 39.4 Å². The molecule has 0 unspecified atom stereocenters. The van der Waals surface area contributed by atoms with E-state index in [1.807, 2.05) is 13.0 Å². The quantitative estimate of drug-likeness (QED) is 0.318. The minimum atomic E-state index is 0.258. The first-order valence-corrected chi connectivity index (χ1v) is 2.58. The highest BCUT2D eigenvalue weighted by atomic mass is 15.4. The maximum atomic E-state index is 8.18. The fourth-order valence-corrected chi connectivity index (χ4v) is 0.394. The van der Waals surface area contributed by atoms with Crippen LogP contribution < -0.4 is 0 Å². The zero-order chi connectivity index (χ0) is 7.11. The van der Waals surface area contributed by atoms with Crippen LogP contribution in [0.25, 0.3) is 0 Å². The molecule has 0 aliphatic carbocycles. The number of hydrogen-bond donors (Lipinski definition) is 0. The lowest BCUT2D eigenvalue weighted by atomic mass is 10.6. The predicted octanol–water partition coefficient (Wildman–Crippen LogP) is 0.961. The minimum absolute atomic E-state index is 0.258. The normalized spacial score (nSPS) is 8.89. The summed E-state index contributed by atoms with van der Waals surface area (Å²) in [6, 6.07) is 1.94. The predicted molar refractivity (Wildman–Crippen MR) is 36.7 cm³/mol. The lowest BCUT2D eigenvalue weighted by Gasteiger charge is -2.05. The van der Waals surface area contributed by atoms with Gasteiger partial charge in [0.25, 0.3) is 0 Å². The molecule has 0 N–H and O–H groups in total. The van der Waals surface area contributed by atoms with Gasteiger partial charge in [-0.15, -0.1) is 0 Å². The molecule has 0 saturated heterocycles. The zero-order valence-electron chi connectivity index (χ0n) is 5.41. The molecule has 0 bridgehead atoms. The summed E-state index contributed by atoms with van der Waals surface area (Å²) in [5, 5.41) is 13.2. The minimum Gasteiger partial charge on any atom is -0.260 e. The van der Waals surface area contributed by atoms with Crippen molar-refractivity contribution in [2.75, 3.05) is 6.54 Å². The Morgan fingerprint density at radius 2 is 2.56 bits per heavy atom. The molecule has 0 atom stereocenters. The highest BCUT2D eigenvalue weighted by Crippen LogP contribution is 1.86. The highest BCUT2D eigenvalue weighted by molar-refractivity contribution is 5.23. The fourth-order valence-electron chi connectivity index (χ4n) is 0.394. The summed E-state index contributed by atoms with van der Waals surface area (Å²) in [4.78, 5) is 0. The lowest BCUT2D eigenvalue weighted by molar-refractivity contribution is 0.452. The van der Waals surface area contributed by atoms with Crippen LogP contribution in [0, 0.1) is 11.3 Å². The van der Waals surface area contributed by atoms with Gasteiger partial charge >= 0.3 is 0 Å². The molecule has 0 aromatic rings. The van der Waals surface area contributed by atoms with Gasteiger partial charge in [-0.05, 0) is 6.92 Å². The van der Waals surface area contributed by atoms with Crippen LogP contribution in [-0.4, -0.2) is 18.3 Å². The summed E-state index contributed by atoms with van der Waals surface area (Å²) >= 11 is 0. The van der Waals surface area contributed by atoms with Gasteiger partial charge in [0.1, 0.15) is 6.54 Å². The van der Waals surface area contributed by atoms with E-state index in [2.05, 4.69) is 11.8 Å². The molecule has 0 aliphatic heterocycles. The fraction of sp³-hybridized carbons (Fsp3) is 0.333. The standard InChI is InChI=1S/C6H9N3/c1-3-5-9(8-2)6-4-7/h3,5H,2,6H2,1H3/b5-3-. The molecule has 0 amide bonds. The summed E-state index contributed by atoms with van der Waals surface area (Å²) in [5.41, 5.74) is 0. The second-order valence-electron chi connectivity index (χ2n) is 1.38. The maximum absolute atomic E-state index is 8.18. The largest absolute Gasteiger partial charge is 0.260 e. The molecule has 0 aromatic carbocycles. The summed E-state index contributed by atoms with van der Waals surface area (Å²) in [6.45, 7) is 5.39. The van der Waals surface area contributed by atoms with E-state index in [9.17, 15) is 0 Å². The Morgan fingerprint density at radius 1 is 1.89 bits per heavy atom. The van der Waals surface area contributed by atoms with Crippen LogP contribution in [0.4, 0.5) is 0 Å². The van der Waals surface area contributed by atoms with Crippen LogP contribution in [0.15, 0.2) is 17.4 Å². The van der Waals surface area contributed by atoms with Crippen molar-refractivity contribution in [3.05, 3.63) is 12.3 Å². The summed E-state index contributed by atoms with van der Waals surface area (Å²) < 4.78 is 0. The zero-order valence-corrected chi connectivity index (χ0v) is 5.41. The molecular formula is C6H9N3. The average Bonchev–Trinajstić information content (AvgIpc) is 1.88. The van der Waals surface area contributed by atoms with Crippen LogP contribution in [0.5, 0.6) is 0 Å². The summed E-state index contributed by atoms with van der Waals surface area (Å²) in [7, 11) is 0.